The lowest BCUT2D eigenvalue weighted by molar-refractivity contribution is -0.138. The lowest BCUT2D eigenvalue weighted by atomic mass is 9.81. The molecule has 0 aromatic heterocycles. The number of halogens is 3. The highest BCUT2D eigenvalue weighted by molar-refractivity contribution is 6.66. The summed E-state index contributed by atoms with van der Waals surface area (Å²) in [6.45, 7) is 7.25. The summed E-state index contributed by atoms with van der Waals surface area (Å²) in [4.78, 5) is 55.9. The molecule has 46 heavy (non-hydrogen) atoms. The molecule has 0 bridgehead atoms. The van der Waals surface area contributed by atoms with Gasteiger partial charge in [-0.2, -0.15) is 0 Å². The van der Waals surface area contributed by atoms with Gasteiger partial charge in [0.2, 0.25) is 23.6 Å². The second-order valence-corrected chi connectivity index (χ2v) is 12.0. The van der Waals surface area contributed by atoms with Gasteiger partial charge in [0.15, 0.2) is 5.71 Å². The van der Waals surface area contributed by atoms with Gasteiger partial charge >= 0.3 is 0 Å². The van der Waals surface area contributed by atoms with Crippen LogP contribution in [0.5, 0.6) is 0 Å². The molecule has 4 amide bonds. The molecule has 3 atom stereocenters. The molecule has 0 radical (unpaired) electrons. The highest BCUT2D eigenvalue weighted by Gasteiger charge is 2.41. The lowest BCUT2D eigenvalue weighted by Gasteiger charge is -2.36. The molecule has 3 rings (SSSR count). The molecule has 1 aliphatic carbocycles. The molecule has 5 N–H and O–H groups in total. The molecule has 2 fully saturated rings. The average molecular weight is 652 g/mol. The normalized spacial score (nSPS) is 19.5. The number of oxime groups is 1. The van der Waals surface area contributed by atoms with Crippen LogP contribution >= 0.6 is 0 Å². The Morgan fingerprint density at radius 1 is 1.07 bits per heavy atom. The van der Waals surface area contributed by atoms with Gasteiger partial charge in [0.1, 0.15) is 17.9 Å². The largest absolute Gasteiger partial charge is 0.410 e. The van der Waals surface area contributed by atoms with Crippen LogP contribution < -0.4 is 16.0 Å². The molecule has 1 saturated heterocycles. The van der Waals surface area contributed by atoms with E-state index >= 15 is 4.39 Å². The summed E-state index contributed by atoms with van der Waals surface area (Å²) >= 11 is 0. The van der Waals surface area contributed by atoms with E-state index in [-0.39, 0.29) is 48.9 Å². The van der Waals surface area contributed by atoms with E-state index in [4.69, 9.17) is 5.41 Å². The topological polar surface area (TPSA) is 167 Å². The van der Waals surface area contributed by atoms with Crippen molar-refractivity contribution in [3.05, 3.63) is 29.6 Å². The van der Waals surface area contributed by atoms with Crippen LogP contribution in [0, 0.1) is 17.1 Å². The number of amides is 4. The van der Waals surface area contributed by atoms with E-state index in [9.17, 15) is 33.2 Å². The maximum Gasteiger partial charge on any atom is 0.275 e. The third-order valence-corrected chi connectivity index (χ3v) is 8.75. The fourth-order valence-corrected chi connectivity index (χ4v) is 5.63. The number of hydrogen-bond donors (Lipinski definition) is 5. The van der Waals surface area contributed by atoms with Gasteiger partial charge in [0.25, 0.3) is 5.91 Å². The number of benzene rings is 1. The predicted octanol–water partition coefficient (Wildman–Crippen LogP) is 3.11. The fraction of sp³-hybridized carbons (Fsp3) is 0.613. The van der Waals surface area contributed by atoms with Gasteiger partial charge in [-0.25, -0.2) is 13.2 Å². The van der Waals surface area contributed by atoms with E-state index in [1.165, 1.54) is 12.1 Å². The van der Waals surface area contributed by atoms with E-state index in [0.717, 1.165) is 6.07 Å². The van der Waals surface area contributed by atoms with Crippen molar-refractivity contribution in [3.8, 4) is 0 Å². The smallest absolute Gasteiger partial charge is 0.275 e. The van der Waals surface area contributed by atoms with Crippen molar-refractivity contribution in [1.82, 2.24) is 20.4 Å². The third-order valence-electron chi connectivity index (χ3n) is 8.75. The molecule has 254 valence electrons. The van der Waals surface area contributed by atoms with E-state index in [0.29, 0.717) is 31.7 Å². The number of piperazine rings is 1. The second kappa shape index (κ2) is 16.0. The Morgan fingerprint density at radius 3 is 2.24 bits per heavy atom. The Balaban J connectivity index is 1.83. The zero-order valence-corrected chi connectivity index (χ0v) is 26.7. The van der Waals surface area contributed by atoms with E-state index in [2.05, 4.69) is 26.0 Å². The highest BCUT2D eigenvalue weighted by Crippen LogP contribution is 2.38. The first-order chi connectivity index (χ1) is 21.7. The van der Waals surface area contributed by atoms with E-state index < -0.39 is 66.0 Å². The number of likely N-dealkylation sites (N-methyl/N-ethyl adjacent to an activating group) is 1. The maximum atomic E-state index is 15.5. The van der Waals surface area contributed by atoms with Crippen LogP contribution in [-0.2, 0) is 19.2 Å². The summed E-state index contributed by atoms with van der Waals surface area (Å²) < 4.78 is 43.3. The van der Waals surface area contributed by atoms with Gasteiger partial charge in [0.05, 0.1) is 11.4 Å². The van der Waals surface area contributed by atoms with Crippen molar-refractivity contribution in [1.29, 1.82) is 5.41 Å². The van der Waals surface area contributed by atoms with E-state index in [1.807, 2.05) is 7.05 Å². The van der Waals surface area contributed by atoms with Crippen LogP contribution in [0.4, 0.5) is 18.9 Å². The zero-order valence-electron chi connectivity index (χ0n) is 26.7. The Morgan fingerprint density at radius 2 is 1.70 bits per heavy atom. The Kier molecular flexibility index (Phi) is 12.7. The van der Waals surface area contributed by atoms with Crippen LogP contribution in [0.2, 0.25) is 0 Å². The van der Waals surface area contributed by atoms with Crippen molar-refractivity contribution in [2.24, 2.45) is 11.1 Å². The van der Waals surface area contributed by atoms with Crippen LogP contribution in [-0.4, -0.2) is 101 Å². The lowest BCUT2D eigenvalue weighted by Crippen LogP contribution is -2.55. The Hall–Kier alpha value is -4.01. The Bertz CT molecular complexity index is 1320. The quantitative estimate of drug-likeness (QED) is 0.132. The molecule has 1 aromatic carbocycles. The summed E-state index contributed by atoms with van der Waals surface area (Å²) in [5, 5.41) is 27.6. The monoisotopic (exact) mass is 651 g/mol. The average Bonchev–Trinajstić information content (AvgIpc) is 3.03. The predicted molar refractivity (Wildman–Crippen MR) is 166 cm³/mol. The minimum atomic E-state index is -2.91. The van der Waals surface area contributed by atoms with Crippen molar-refractivity contribution in [2.45, 2.75) is 83.2 Å². The zero-order chi connectivity index (χ0) is 34.2. The van der Waals surface area contributed by atoms with Crippen LogP contribution in [0.25, 0.3) is 0 Å². The molecule has 15 heteroatoms. The number of carbonyl (C=O) groups is 4. The van der Waals surface area contributed by atoms with Crippen LogP contribution in [0.1, 0.15) is 70.8 Å². The van der Waals surface area contributed by atoms with Gasteiger partial charge in [-0.1, -0.05) is 32.0 Å². The number of rotatable bonds is 12. The highest BCUT2D eigenvalue weighted by atomic mass is 19.3. The number of carbonyl (C=O) groups excluding carboxylic acids is 4. The summed E-state index contributed by atoms with van der Waals surface area (Å²) in [5.41, 5.74) is -0.787. The number of nitrogens with zero attached hydrogens (tertiary/aromatic N) is 3. The molecule has 0 spiro atoms. The van der Waals surface area contributed by atoms with Crippen molar-refractivity contribution in [2.75, 3.05) is 38.5 Å². The molecule has 1 aromatic rings. The minimum Gasteiger partial charge on any atom is -0.410 e. The molecule has 12 nitrogen and oxygen atoms in total. The van der Waals surface area contributed by atoms with Gasteiger partial charge in [-0.3, -0.25) is 19.2 Å². The SMILES string of the molecule is CCC(=N)/C(=N\O)C(=O)N[C@H](C(=O)Nc1ccc([C@H](C)[C@@H](NC(=O)CC)C(=O)N2CCN(C)CC2)cc1F)C1CCC(F)(F)CC1. The summed E-state index contributed by atoms with van der Waals surface area (Å²) in [7, 11) is 1.95. The Labute approximate surface area is 266 Å². The maximum absolute atomic E-state index is 15.5. The van der Waals surface area contributed by atoms with Crippen molar-refractivity contribution in [3.63, 3.8) is 0 Å². The molecule has 0 unspecified atom stereocenters. The summed E-state index contributed by atoms with van der Waals surface area (Å²) in [5.74, 6) is -7.66. The van der Waals surface area contributed by atoms with Gasteiger partial charge in [-0.15, -0.1) is 0 Å². The molecule has 1 heterocycles. The summed E-state index contributed by atoms with van der Waals surface area (Å²) in [6, 6.07) is 1.61. The van der Waals surface area contributed by atoms with Gasteiger partial charge in [0, 0.05) is 51.4 Å². The van der Waals surface area contributed by atoms with E-state index in [1.54, 1.807) is 25.7 Å². The second-order valence-electron chi connectivity index (χ2n) is 12.0. The van der Waals surface area contributed by atoms with Crippen molar-refractivity contribution < 1.29 is 37.6 Å². The standard InChI is InChI=1S/C31H44F3N7O5/c1-5-22(35)27(39-46)29(44)38-26(19-9-11-31(33,34)12-10-19)28(43)36-23-8-7-20(17-21(23)32)18(3)25(37-24(42)6-2)30(45)41-15-13-40(4)14-16-41/h7-8,17-19,25-26,35,46H,5-6,9-16H2,1-4H3,(H,36,43)(H,37,42)(H,38,44)/b35-22?,39-27+/t18-,25+,26-/m0/s1. The number of hydrogen-bond acceptors (Lipinski definition) is 8. The molecule has 1 aliphatic heterocycles. The first kappa shape index (κ1) is 36.5. The fourth-order valence-electron chi connectivity index (χ4n) is 5.63. The van der Waals surface area contributed by atoms with Crippen LogP contribution in [0.15, 0.2) is 23.4 Å². The molecule has 1 saturated carbocycles. The molecule has 2 aliphatic rings. The first-order valence-electron chi connectivity index (χ1n) is 15.6. The molecular formula is C31H44F3N7O5. The number of nitrogens with one attached hydrogen (secondary N) is 4. The molecular weight excluding hydrogens is 607 g/mol. The number of alkyl halides is 2. The van der Waals surface area contributed by atoms with Gasteiger partial charge < -0.3 is 36.4 Å². The third kappa shape index (κ3) is 9.27. The number of anilines is 1. The van der Waals surface area contributed by atoms with Gasteiger partial charge in [-0.05, 0) is 49.9 Å². The van der Waals surface area contributed by atoms with Crippen LogP contribution in [0.3, 0.4) is 0 Å². The summed E-state index contributed by atoms with van der Waals surface area (Å²) in [6.07, 6.45) is -1.01. The first-order valence-corrected chi connectivity index (χ1v) is 15.6. The minimum absolute atomic E-state index is 0.0548. The van der Waals surface area contributed by atoms with Crippen molar-refractivity contribution >= 4 is 40.7 Å².